The molecular formula is C26H19F5N2O2. The molecule has 0 aliphatic carbocycles. The number of aryl methyl sites for hydroxylation is 1. The largest absolute Gasteiger partial charge is 0.435 e. The molecule has 0 fully saturated rings. The molecule has 35 heavy (non-hydrogen) atoms. The summed E-state index contributed by atoms with van der Waals surface area (Å²) in [6.45, 7) is 0.570. The zero-order valence-electron chi connectivity index (χ0n) is 18.3. The first kappa shape index (κ1) is 23.0. The van der Waals surface area contributed by atoms with Gasteiger partial charge >= 0.3 is 6.18 Å². The lowest BCUT2D eigenvalue weighted by Gasteiger charge is -2.29. The van der Waals surface area contributed by atoms with Crippen molar-refractivity contribution < 1.29 is 31.6 Å². The van der Waals surface area contributed by atoms with E-state index >= 15 is 0 Å². The number of halogens is 5. The fraction of sp³-hybridized carbons (Fsp3) is 0.231. The van der Waals surface area contributed by atoms with Crippen molar-refractivity contribution >= 4 is 17.3 Å². The Morgan fingerprint density at radius 2 is 1.71 bits per heavy atom. The summed E-state index contributed by atoms with van der Waals surface area (Å²) in [6, 6.07) is 15.7. The third-order valence-electron chi connectivity index (χ3n) is 6.39. The van der Waals surface area contributed by atoms with E-state index in [2.05, 4.69) is 5.16 Å². The molecule has 0 spiro atoms. The second-order valence-corrected chi connectivity index (χ2v) is 8.53. The summed E-state index contributed by atoms with van der Waals surface area (Å²) in [6.07, 6.45) is -3.95. The first-order valence-electron chi connectivity index (χ1n) is 11.0. The Morgan fingerprint density at radius 3 is 2.43 bits per heavy atom. The van der Waals surface area contributed by atoms with Gasteiger partial charge in [0.15, 0.2) is 11.6 Å². The minimum Gasteiger partial charge on any atom is -0.374 e. The molecule has 1 amide bonds. The summed E-state index contributed by atoms with van der Waals surface area (Å²) in [5.74, 6) is -2.88. The molecule has 5 rings (SSSR count). The van der Waals surface area contributed by atoms with Crippen LogP contribution in [0.5, 0.6) is 0 Å². The number of benzene rings is 3. The number of hydrogen-bond acceptors (Lipinski definition) is 3. The van der Waals surface area contributed by atoms with Crippen LogP contribution in [-0.4, -0.2) is 24.3 Å². The van der Waals surface area contributed by atoms with Crippen molar-refractivity contribution in [3.8, 4) is 0 Å². The topological polar surface area (TPSA) is 41.9 Å². The Labute approximate surface area is 197 Å². The molecule has 0 saturated carbocycles. The van der Waals surface area contributed by atoms with Gasteiger partial charge in [-0.15, -0.1) is 0 Å². The molecular weight excluding hydrogens is 467 g/mol. The molecule has 1 unspecified atom stereocenters. The van der Waals surface area contributed by atoms with Crippen LogP contribution in [0, 0.1) is 11.6 Å². The number of alkyl halides is 3. The first-order chi connectivity index (χ1) is 16.7. The summed E-state index contributed by atoms with van der Waals surface area (Å²) in [7, 11) is 0. The SMILES string of the molecule is O=C(c1ccc(C2=NOC(c3ccc(F)c(F)c3)(C(F)(F)F)C2)cc1)N1CCCc2ccccc21. The Bertz CT molecular complexity index is 1320. The average molecular weight is 486 g/mol. The molecule has 3 aromatic rings. The van der Waals surface area contributed by atoms with Crippen LogP contribution in [0.25, 0.3) is 0 Å². The zero-order chi connectivity index (χ0) is 24.8. The Kier molecular flexibility index (Phi) is 5.57. The highest BCUT2D eigenvalue weighted by atomic mass is 19.4. The van der Waals surface area contributed by atoms with Gasteiger partial charge in [0, 0.05) is 29.8 Å². The van der Waals surface area contributed by atoms with E-state index in [1.54, 1.807) is 4.90 Å². The number of carbonyl (C=O) groups is 1. The lowest BCUT2D eigenvalue weighted by Crippen LogP contribution is -2.42. The first-order valence-corrected chi connectivity index (χ1v) is 11.0. The lowest BCUT2D eigenvalue weighted by molar-refractivity contribution is -0.276. The number of hydrogen-bond donors (Lipinski definition) is 0. The van der Waals surface area contributed by atoms with E-state index in [4.69, 9.17) is 4.84 Å². The number of rotatable bonds is 3. The zero-order valence-corrected chi connectivity index (χ0v) is 18.3. The van der Waals surface area contributed by atoms with Crippen molar-refractivity contribution in [2.24, 2.45) is 5.16 Å². The van der Waals surface area contributed by atoms with Crippen LogP contribution in [0.2, 0.25) is 0 Å². The van der Waals surface area contributed by atoms with E-state index in [9.17, 15) is 26.7 Å². The fourth-order valence-electron chi connectivity index (χ4n) is 4.51. The quantitative estimate of drug-likeness (QED) is 0.418. The van der Waals surface area contributed by atoms with Crippen molar-refractivity contribution in [3.05, 3.63) is 101 Å². The number of fused-ring (bicyclic) bond motifs is 1. The van der Waals surface area contributed by atoms with E-state index in [0.717, 1.165) is 30.2 Å². The Hall–Kier alpha value is -3.75. The smallest absolute Gasteiger partial charge is 0.374 e. The molecule has 0 saturated heterocycles. The van der Waals surface area contributed by atoms with Gasteiger partial charge in [0.05, 0.1) is 5.71 Å². The number of nitrogens with zero attached hydrogens (tertiary/aromatic N) is 2. The molecule has 4 nitrogen and oxygen atoms in total. The van der Waals surface area contributed by atoms with Crippen molar-refractivity contribution in [1.29, 1.82) is 0 Å². The van der Waals surface area contributed by atoms with E-state index in [1.807, 2.05) is 24.3 Å². The highest BCUT2D eigenvalue weighted by molar-refractivity contribution is 6.08. The predicted molar refractivity (Wildman–Crippen MR) is 119 cm³/mol. The van der Waals surface area contributed by atoms with Crippen LogP contribution >= 0.6 is 0 Å². The molecule has 180 valence electrons. The lowest BCUT2D eigenvalue weighted by atomic mass is 9.86. The summed E-state index contributed by atoms with van der Waals surface area (Å²) in [4.78, 5) is 19.7. The maximum Gasteiger partial charge on any atom is 0.435 e. The number of amides is 1. The summed E-state index contributed by atoms with van der Waals surface area (Å²) in [5.41, 5.74) is -0.901. The molecule has 0 aromatic heterocycles. The summed E-state index contributed by atoms with van der Waals surface area (Å²) < 4.78 is 69.2. The van der Waals surface area contributed by atoms with Crippen molar-refractivity contribution in [1.82, 2.24) is 0 Å². The van der Waals surface area contributed by atoms with Crippen LogP contribution in [0.15, 0.2) is 71.9 Å². The van der Waals surface area contributed by atoms with Gasteiger partial charge in [0.1, 0.15) is 0 Å². The molecule has 2 aliphatic heterocycles. The fourth-order valence-corrected chi connectivity index (χ4v) is 4.51. The van der Waals surface area contributed by atoms with Crippen LogP contribution in [0.4, 0.5) is 27.6 Å². The Morgan fingerprint density at radius 1 is 0.971 bits per heavy atom. The molecule has 1 atom stereocenters. The minimum atomic E-state index is -4.94. The average Bonchev–Trinajstić information content (AvgIpc) is 3.32. The standard InChI is InChI=1S/C26H19F5N2O2/c27-20-12-11-19(14-21(20)28)25(26(29,30)31)15-22(32-35-25)16-7-9-18(10-8-16)24(34)33-13-3-5-17-4-1-2-6-23(17)33/h1-2,4,6-12,14H,3,5,13,15H2. The van der Waals surface area contributed by atoms with Crippen molar-refractivity contribution in [2.75, 3.05) is 11.4 Å². The van der Waals surface area contributed by atoms with Gasteiger partial charge in [0.25, 0.3) is 11.5 Å². The van der Waals surface area contributed by atoms with E-state index in [1.165, 1.54) is 24.3 Å². The summed E-state index contributed by atoms with van der Waals surface area (Å²) >= 11 is 0. The highest BCUT2D eigenvalue weighted by Crippen LogP contribution is 2.49. The monoisotopic (exact) mass is 486 g/mol. The van der Waals surface area contributed by atoms with Crippen molar-refractivity contribution in [3.63, 3.8) is 0 Å². The number of carbonyl (C=O) groups excluding carboxylic acids is 1. The van der Waals surface area contributed by atoms with Gasteiger partial charge in [0.2, 0.25) is 0 Å². The van der Waals surface area contributed by atoms with Crippen LogP contribution < -0.4 is 4.90 Å². The van der Waals surface area contributed by atoms with E-state index in [0.29, 0.717) is 29.8 Å². The third kappa shape index (κ3) is 3.94. The second kappa shape index (κ2) is 8.48. The molecule has 0 N–H and O–H groups in total. The van der Waals surface area contributed by atoms with Crippen LogP contribution in [0.1, 0.15) is 39.9 Å². The molecule has 3 aromatic carbocycles. The number of oxime groups is 1. The third-order valence-corrected chi connectivity index (χ3v) is 6.39. The van der Waals surface area contributed by atoms with E-state index < -0.39 is 35.4 Å². The summed E-state index contributed by atoms with van der Waals surface area (Å²) in [5, 5.41) is 3.63. The normalized spacial score (nSPS) is 19.7. The van der Waals surface area contributed by atoms with Crippen LogP contribution in [0.3, 0.4) is 0 Å². The van der Waals surface area contributed by atoms with Gasteiger partial charge in [-0.3, -0.25) is 4.79 Å². The molecule has 2 heterocycles. The maximum absolute atomic E-state index is 14.1. The highest BCUT2D eigenvalue weighted by Gasteiger charge is 2.62. The number of para-hydroxylation sites is 1. The molecule has 0 bridgehead atoms. The van der Waals surface area contributed by atoms with Gasteiger partial charge in [-0.1, -0.05) is 41.6 Å². The van der Waals surface area contributed by atoms with Gasteiger partial charge in [-0.05, 0) is 54.3 Å². The Balaban J connectivity index is 1.39. The molecule has 0 radical (unpaired) electrons. The van der Waals surface area contributed by atoms with Crippen molar-refractivity contribution in [2.45, 2.75) is 31.0 Å². The second-order valence-electron chi connectivity index (χ2n) is 8.53. The minimum absolute atomic E-state index is 0.0191. The number of anilines is 1. The molecule has 2 aliphatic rings. The van der Waals surface area contributed by atoms with Gasteiger partial charge < -0.3 is 9.74 Å². The van der Waals surface area contributed by atoms with Gasteiger partial charge in [-0.25, -0.2) is 8.78 Å². The maximum atomic E-state index is 14.1. The van der Waals surface area contributed by atoms with Gasteiger partial charge in [-0.2, -0.15) is 13.2 Å². The predicted octanol–water partition coefficient (Wildman–Crippen LogP) is 6.14. The van der Waals surface area contributed by atoms with E-state index in [-0.39, 0.29) is 11.6 Å². The van der Waals surface area contributed by atoms with Crippen LogP contribution in [-0.2, 0) is 16.9 Å². The molecule has 9 heteroatoms.